The van der Waals surface area contributed by atoms with E-state index in [1.165, 1.54) is 12.1 Å². The number of thiocarbonyl (C=S) groups is 1. The minimum absolute atomic E-state index is 0.135. The van der Waals surface area contributed by atoms with Crippen molar-refractivity contribution in [3.8, 4) is 5.69 Å². The Bertz CT molecular complexity index is 1220. The molecule has 31 heavy (non-hydrogen) atoms. The second kappa shape index (κ2) is 7.96. The zero-order valence-corrected chi connectivity index (χ0v) is 17.8. The van der Waals surface area contributed by atoms with E-state index in [9.17, 15) is 4.39 Å². The Balaban J connectivity index is 1.67. The van der Waals surface area contributed by atoms with Gasteiger partial charge in [0, 0.05) is 29.5 Å². The molecule has 1 aliphatic heterocycles. The average molecular weight is 429 g/mol. The van der Waals surface area contributed by atoms with Crippen molar-refractivity contribution in [3.05, 3.63) is 114 Å². The van der Waals surface area contributed by atoms with Crippen molar-refractivity contribution < 1.29 is 4.39 Å². The maximum Gasteiger partial charge on any atom is 0.174 e. The second-order valence-corrected chi connectivity index (χ2v) is 8.00. The summed E-state index contributed by atoms with van der Waals surface area (Å²) < 4.78 is 15.6. The molecule has 0 aliphatic carbocycles. The average Bonchev–Trinajstić information content (AvgIpc) is 3.39. The molecule has 4 aromatic rings. The molecule has 6 heteroatoms. The zero-order valence-electron chi connectivity index (χ0n) is 16.9. The summed E-state index contributed by atoms with van der Waals surface area (Å²) in [5, 5.41) is 4.14. The fourth-order valence-electron chi connectivity index (χ4n) is 4.18. The van der Waals surface area contributed by atoms with Crippen LogP contribution in [-0.4, -0.2) is 14.7 Å². The molecule has 0 spiro atoms. The van der Waals surface area contributed by atoms with E-state index in [0.29, 0.717) is 5.11 Å². The Labute approximate surface area is 186 Å². The van der Waals surface area contributed by atoms with Crippen LogP contribution in [0.1, 0.15) is 29.0 Å². The lowest BCUT2D eigenvalue weighted by Crippen LogP contribution is -2.30. The predicted octanol–water partition coefficient (Wildman–Crippen LogP) is 5.50. The highest BCUT2D eigenvalue weighted by atomic mass is 32.1. The fraction of sp³-hybridized carbons (Fsp3) is 0.120. The Hall–Kier alpha value is -3.51. The van der Waals surface area contributed by atoms with Crippen molar-refractivity contribution in [1.29, 1.82) is 0 Å². The number of hydrogen-bond donors (Lipinski definition) is 1. The third-order valence-corrected chi connectivity index (χ3v) is 5.88. The maximum atomic E-state index is 13.5. The van der Waals surface area contributed by atoms with Crippen molar-refractivity contribution in [2.75, 3.05) is 4.90 Å². The lowest BCUT2D eigenvalue weighted by atomic mass is 10.0. The first-order valence-corrected chi connectivity index (χ1v) is 10.5. The molecule has 0 unspecified atom stereocenters. The number of benzene rings is 2. The number of nitrogens with one attached hydrogen (secondary N) is 1. The molecular weight excluding hydrogens is 407 g/mol. The van der Waals surface area contributed by atoms with E-state index in [0.717, 1.165) is 28.3 Å². The van der Waals surface area contributed by atoms with E-state index < -0.39 is 0 Å². The minimum Gasteiger partial charge on any atom is -0.351 e. The predicted molar refractivity (Wildman–Crippen MR) is 125 cm³/mol. The van der Waals surface area contributed by atoms with Gasteiger partial charge in [-0.1, -0.05) is 18.2 Å². The van der Waals surface area contributed by atoms with Crippen molar-refractivity contribution in [2.45, 2.75) is 19.0 Å². The third kappa shape index (κ3) is 3.59. The first-order chi connectivity index (χ1) is 15.1. The van der Waals surface area contributed by atoms with Crippen molar-refractivity contribution in [1.82, 2.24) is 14.9 Å². The summed E-state index contributed by atoms with van der Waals surface area (Å²) in [6.07, 6.45) is 3.79. The molecule has 0 radical (unpaired) electrons. The van der Waals surface area contributed by atoms with Gasteiger partial charge in [-0.2, -0.15) is 0 Å². The topological polar surface area (TPSA) is 33.1 Å². The quantitative estimate of drug-likeness (QED) is 0.435. The van der Waals surface area contributed by atoms with Gasteiger partial charge in [-0.15, -0.1) is 0 Å². The van der Waals surface area contributed by atoms with Gasteiger partial charge < -0.3 is 14.8 Å². The number of halogens is 1. The number of nitrogens with zero attached hydrogens (tertiary/aromatic N) is 3. The van der Waals surface area contributed by atoms with Crippen LogP contribution in [0.5, 0.6) is 0 Å². The van der Waals surface area contributed by atoms with Crippen LogP contribution in [0, 0.1) is 12.7 Å². The van der Waals surface area contributed by atoms with Gasteiger partial charge in [-0.3, -0.25) is 4.98 Å². The number of pyridine rings is 1. The highest BCUT2D eigenvalue weighted by Crippen LogP contribution is 2.42. The van der Waals surface area contributed by atoms with Crippen LogP contribution in [-0.2, 0) is 0 Å². The Morgan fingerprint density at radius 3 is 2.52 bits per heavy atom. The first-order valence-electron chi connectivity index (χ1n) is 10.1. The molecule has 5 rings (SSSR count). The van der Waals surface area contributed by atoms with Crippen LogP contribution >= 0.6 is 12.2 Å². The van der Waals surface area contributed by atoms with Crippen molar-refractivity contribution in [3.63, 3.8) is 0 Å². The molecule has 0 amide bonds. The van der Waals surface area contributed by atoms with Gasteiger partial charge in [0.2, 0.25) is 0 Å². The summed E-state index contributed by atoms with van der Waals surface area (Å²) in [5.41, 5.74) is 5.03. The fourth-order valence-corrected chi connectivity index (χ4v) is 4.53. The molecular formula is C25H21FN4S. The van der Waals surface area contributed by atoms with Gasteiger partial charge in [0.25, 0.3) is 0 Å². The monoisotopic (exact) mass is 428 g/mol. The van der Waals surface area contributed by atoms with Crippen LogP contribution in [0.2, 0.25) is 0 Å². The Kier molecular flexibility index (Phi) is 5.00. The molecule has 1 N–H and O–H groups in total. The van der Waals surface area contributed by atoms with Gasteiger partial charge in [0.15, 0.2) is 5.11 Å². The van der Waals surface area contributed by atoms with Gasteiger partial charge in [-0.25, -0.2) is 4.39 Å². The molecule has 2 aromatic heterocycles. The SMILES string of the molecule is Cc1cccc(N2C(=S)N[C@@H](c3ccccn3)[C@H]2c2cccn2-c2ccc(F)cc2)c1. The number of hydrogen-bond acceptors (Lipinski definition) is 2. The minimum atomic E-state index is -0.256. The molecule has 1 aliphatic rings. The number of anilines is 1. The molecule has 3 heterocycles. The summed E-state index contributed by atoms with van der Waals surface area (Å²) in [5.74, 6) is -0.256. The molecule has 154 valence electrons. The van der Waals surface area contributed by atoms with Gasteiger partial charge >= 0.3 is 0 Å². The summed E-state index contributed by atoms with van der Waals surface area (Å²) >= 11 is 5.80. The number of aryl methyl sites for hydroxylation is 1. The molecule has 4 nitrogen and oxygen atoms in total. The lowest BCUT2D eigenvalue weighted by Gasteiger charge is -2.29. The van der Waals surface area contributed by atoms with E-state index in [1.807, 2.05) is 36.5 Å². The summed E-state index contributed by atoms with van der Waals surface area (Å²) in [6, 6.07) is 24.6. The summed E-state index contributed by atoms with van der Waals surface area (Å²) in [7, 11) is 0. The van der Waals surface area contributed by atoms with Gasteiger partial charge in [0.05, 0.1) is 11.7 Å². The Morgan fingerprint density at radius 2 is 1.77 bits per heavy atom. The standard InChI is InChI=1S/C25H21FN4S/c1-17-6-4-7-20(16-17)30-24(23(28-25(30)31)21-8-2-3-14-27-21)22-9-5-15-29(22)19-12-10-18(26)11-13-19/h2-16,23-24H,1H3,(H,28,31)/t23-,24+/m0/s1. The lowest BCUT2D eigenvalue weighted by molar-refractivity contribution is 0.549. The van der Waals surface area contributed by atoms with E-state index in [4.69, 9.17) is 12.2 Å². The van der Waals surface area contributed by atoms with E-state index in [1.54, 1.807) is 18.3 Å². The molecule has 0 bridgehead atoms. The third-order valence-electron chi connectivity index (χ3n) is 5.57. The van der Waals surface area contributed by atoms with Crippen LogP contribution in [0.3, 0.4) is 0 Å². The highest BCUT2D eigenvalue weighted by Gasteiger charge is 2.42. The van der Waals surface area contributed by atoms with Crippen LogP contribution < -0.4 is 10.2 Å². The van der Waals surface area contributed by atoms with Crippen LogP contribution in [0.4, 0.5) is 10.1 Å². The van der Waals surface area contributed by atoms with Crippen LogP contribution in [0.25, 0.3) is 5.69 Å². The largest absolute Gasteiger partial charge is 0.351 e. The van der Waals surface area contributed by atoms with Gasteiger partial charge in [0.1, 0.15) is 11.9 Å². The number of aromatic nitrogens is 2. The van der Waals surface area contributed by atoms with Crippen molar-refractivity contribution in [2.24, 2.45) is 0 Å². The highest BCUT2D eigenvalue weighted by molar-refractivity contribution is 7.80. The summed E-state index contributed by atoms with van der Waals surface area (Å²) in [4.78, 5) is 6.76. The van der Waals surface area contributed by atoms with Crippen molar-refractivity contribution >= 4 is 23.0 Å². The van der Waals surface area contributed by atoms with E-state index >= 15 is 0 Å². The molecule has 0 saturated carbocycles. The molecule has 1 fully saturated rings. The smallest absolute Gasteiger partial charge is 0.174 e. The maximum absolute atomic E-state index is 13.5. The zero-order chi connectivity index (χ0) is 21.4. The van der Waals surface area contributed by atoms with Gasteiger partial charge in [-0.05, 0) is 85.4 Å². The molecule has 1 saturated heterocycles. The Morgan fingerprint density at radius 1 is 0.935 bits per heavy atom. The second-order valence-electron chi connectivity index (χ2n) is 7.62. The van der Waals surface area contributed by atoms with E-state index in [2.05, 4.69) is 51.0 Å². The summed E-state index contributed by atoms with van der Waals surface area (Å²) in [6.45, 7) is 2.07. The molecule has 2 atom stereocenters. The molecule has 2 aromatic carbocycles. The number of rotatable bonds is 4. The normalized spacial score (nSPS) is 18.3. The van der Waals surface area contributed by atoms with E-state index in [-0.39, 0.29) is 17.9 Å². The van der Waals surface area contributed by atoms with Crippen LogP contribution in [0.15, 0.2) is 91.3 Å². The first kappa shape index (κ1) is 19.5.